The van der Waals surface area contributed by atoms with Crippen LogP contribution in [0.15, 0.2) is 16.3 Å². The van der Waals surface area contributed by atoms with Gasteiger partial charge < -0.3 is 5.32 Å². The largest absolute Gasteiger partial charge is 0.310 e. The van der Waals surface area contributed by atoms with Gasteiger partial charge in [-0.15, -0.1) is 11.3 Å². The van der Waals surface area contributed by atoms with Gasteiger partial charge in [0.25, 0.3) is 0 Å². The Labute approximate surface area is 132 Å². The van der Waals surface area contributed by atoms with Crippen molar-refractivity contribution in [2.75, 3.05) is 13.1 Å². The highest BCUT2D eigenvalue weighted by Gasteiger charge is 2.35. The minimum absolute atomic E-state index is 0.347. The van der Waals surface area contributed by atoms with Gasteiger partial charge in [-0.1, -0.05) is 27.7 Å². The predicted octanol–water partition coefficient (Wildman–Crippen LogP) is 2.91. The first-order valence-corrected chi connectivity index (χ1v) is 9.94. The van der Waals surface area contributed by atoms with Gasteiger partial charge in [0.2, 0.25) is 10.0 Å². The number of sulfonamides is 1. The average Bonchev–Trinajstić information content (AvgIpc) is 3.05. The lowest BCUT2D eigenvalue weighted by Gasteiger charge is -2.18. The van der Waals surface area contributed by atoms with E-state index >= 15 is 0 Å². The van der Waals surface area contributed by atoms with Gasteiger partial charge in [0.15, 0.2) is 0 Å². The molecule has 1 unspecified atom stereocenters. The molecule has 1 saturated heterocycles. The zero-order valence-corrected chi connectivity index (χ0v) is 14.9. The van der Waals surface area contributed by atoms with Crippen LogP contribution < -0.4 is 5.32 Å². The highest BCUT2D eigenvalue weighted by Crippen LogP contribution is 2.31. The second kappa shape index (κ2) is 6.77. The van der Waals surface area contributed by atoms with Crippen molar-refractivity contribution in [3.05, 3.63) is 16.3 Å². The standard InChI is InChI=1S/C15H26N2O2S2/c1-11(2)13-5-7-17(10-13)21(18,19)15-6-8-20-14(15)9-16-12(3)4/h6,8,11-13,16H,5,7,9-10H2,1-4H3. The maximum Gasteiger partial charge on any atom is 0.244 e. The maximum atomic E-state index is 12.8. The normalized spacial score (nSPS) is 20.8. The van der Waals surface area contributed by atoms with E-state index in [4.69, 9.17) is 0 Å². The van der Waals surface area contributed by atoms with E-state index in [0.717, 1.165) is 11.3 Å². The van der Waals surface area contributed by atoms with Gasteiger partial charge in [-0.3, -0.25) is 0 Å². The molecule has 0 bridgehead atoms. The van der Waals surface area contributed by atoms with Crippen molar-refractivity contribution in [2.45, 2.75) is 51.6 Å². The monoisotopic (exact) mass is 330 g/mol. The van der Waals surface area contributed by atoms with Gasteiger partial charge in [-0.2, -0.15) is 4.31 Å². The predicted molar refractivity (Wildman–Crippen MR) is 88.0 cm³/mol. The number of thiophene rings is 1. The van der Waals surface area contributed by atoms with Crippen molar-refractivity contribution in [1.29, 1.82) is 0 Å². The second-order valence-corrected chi connectivity index (χ2v) is 9.31. The molecule has 1 aliphatic rings. The van der Waals surface area contributed by atoms with Crippen LogP contribution in [0.4, 0.5) is 0 Å². The van der Waals surface area contributed by atoms with Gasteiger partial charge in [-0.25, -0.2) is 8.42 Å². The number of hydrogen-bond donors (Lipinski definition) is 1. The maximum absolute atomic E-state index is 12.8. The van der Waals surface area contributed by atoms with Crippen LogP contribution in [0, 0.1) is 11.8 Å². The van der Waals surface area contributed by atoms with Gasteiger partial charge in [0.05, 0.1) is 4.90 Å². The summed E-state index contributed by atoms with van der Waals surface area (Å²) in [7, 11) is -3.34. The highest BCUT2D eigenvalue weighted by molar-refractivity contribution is 7.89. The molecule has 1 aromatic rings. The van der Waals surface area contributed by atoms with E-state index in [9.17, 15) is 8.42 Å². The summed E-state index contributed by atoms with van der Waals surface area (Å²) in [6, 6.07) is 2.10. The van der Waals surface area contributed by atoms with Crippen LogP contribution in [0.3, 0.4) is 0 Å². The van der Waals surface area contributed by atoms with Crippen molar-refractivity contribution >= 4 is 21.4 Å². The molecule has 1 aliphatic heterocycles. The van der Waals surface area contributed by atoms with Crippen LogP contribution in [0.1, 0.15) is 39.0 Å². The molecule has 2 heterocycles. The van der Waals surface area contributed by atoms with Crippen molar-refractivity contribution in [1.82, 2.24) is 9.62 Å². The molecule has 4 nitrogen and oxygen atoms in total. The topological polar surface area (TPSA) is 49.4 Å². The number of rotatable bonds is 6. The molecule has 1 fully saturated rings. The molecule has 0 aromatic carbocycles. The first kappa shape index (κ1) is 16.9. The summed E-state index contributed by atoms with van der Waals surface area (Å²) in [6.07, 6.45) is 0.973. The van der Waals surface area contributed by atoms with Crippen molar-refractivity contribution < 1.29 is 8.42 Å². The van der Waals surface area contributed by atoms with Crippen LogP contribution in [-0.2, 0) is 16.6 Å². The summed E-state index contributed by atoms with van der Waals surface area (Å²) in [4.78, 5) is 1.40. The molecule has 0 radical (unpaired) electrons. The third-order valence-corrected chi connectivity index (χ3v) is 7.12. The summed E-state index contributed by atoms with van der Waals surface area (Å²) >= 11 is 1.52. The lowest BCUT2D eigenvalue weighted by Crippen LogP contribution is -2.30. The van der Waals surface area contributed by atoms with Crippen molar-refractivity contribution in [3.8, 4) is 0 Å². The fourth-order valence-electron chi connectivity index (χ4n) is 2.64. The molecule has 6 heteroatoms. The SMILES string of the molecule is CC(C)NCc1sccc1S(=O)(=O)N1CCC(C(C)C)C1. The van der Waals surface area contributed by atoms with Gasteiger partial charge >= 0.3 is 0 Å². The zero-order chi connectivity index (χ0) is 15.6. The summed E-state index contributed by atoms with van der Waals surface area (Å²) < 4.78 is 27.3. The first-order chi connectivity index (χ1) is 9.82. The van der Waals surface area contributed by atoms with E-state index in [1.54, 1.807) is 10.4 Å². The molecule has 0 amide bonds. The fraction of sp³-hybridized carbons (Fsp3) is 0.733. The Morgan fingerprint density at radius 1 is 1.38 bits per heavy atom. The molecule has 0 saturated carbocycles. The molecule has 21 heavy (non-hydrogen) atoms. The van der Waals surface area contributed by atoms with Gasteiger partial charge in [0, 0.05) is 30.6 Å². The molecule has 1 atom stereocenters. The minimum atomic E-state index is -3.34. The summed E-state index contributed by atoms with van der Waals surface area (Å²) in [5, 5.41) is 5.18. The lowest BCUT2D eigenvalue weighted by molar-refractivity contribution is 0.388. The average molecular weight is 331 g/mol. The van der Waals surface area contributed by atoms with Crippen LogP contribution in [0.5, 0.6) is 0 Å². The Hall–Kier alpha value is -0.430. The molecular formula is C15H26N2O2S2. The van der Waals surface area contributed by atoms with Gasteiger partial charge in [0.1, 0.15) is 0 Å². The van der Waals surface area contributed by atoms with E-state index in [1.165, 1.54) is 11.3 Å². The van der Waals surface area contributed by atoms with E-state index in [0.29, 0.717) is 42.4 Å². The van der Waals surface area contributed by atoms with Crippen LogP contribution in [-0.4, -0.2) is 31.9 Å². The first-order valence-electron chi connectivity index (χ1n) is 7.62. The quantitative estimate of drug-likeness (QED) is 0.872. The highest BCUT2D eigenvalue weighted by atomic mass is 32.2. The summed E-state index contributed by atoms with van der Waals surface area (Å²) in [6.45, 7) is 10.4. The third kappa shape index (κ3) is 3.86. The number of nitrogens with zero attached hydrogens (tertiary/aromatic N) is 1. The second-order valence-electron chi connectivity index (χ2n) is 6.40. The Balaban J connectivity index is 2.15. The number of nitrogens with one attached hydrogen (secondary N) is 1. The Bertz CT molecular complexity index is 564. The lowest BCUT2D eigenvalue weighted by atomic mass is 9.96. The fourth-order valence-corrected chi connectivity index (χ4v) is 5.52. The van der Waals surface area contributed by atoms with Crippen molar-refractivity contribution in [3.63, 3.8) is 0 Å². The molecule has 1 N–H and O–H groups in total. The smallest absolute Gasteiger partial charge is 0.244 e. The Morgan fingerprint density at radius 3 is 2.67 bits per heavy atom. The Morgan fingerprint density at radius 2 is 2.10 bits per heavy atom. The van der Waals surface area contributed by atoms with Crippen molar-refractivity contribution in [2.24, 2.45) is 11.8 Å². The third-order valence-electron chi connectivity index (χ3n) is 4.12. The summed E-state index contributed by atoms with van der Waals surface area (Å²) in [5.74, 6) is 1.02. The van der Waals surface area contributed by atoms with Crippen LogP contribution >= 0.6 is 11.3 Å². The number of hydrogen-bond acceptors (Lipinski definition) is 4. The van der Waals surface area contributed by atoms with Gasteiger partial charge in [-0.05, 0) is 29.7 Å². The van der Waals surface area contributed by atoms with Crippen LogP contribution in [0.25, 0.3) is 0 Å². The molecule has 2 rings (SSSR count). The van der Waals surface area contributed by atoms with E-state index in [1.807, 2.05) is 5.38 Å². The molecule has 0 spiro atoms. The minimum Gasteiger partial charge on any atom is -0.310 e. The Kier molecular flexibility index (Phi) is 5.46. The molecule has 120 valence electrons. The molecule has 0 aliphatic carbocycles. The van der Waals surface area contributed by atoms with E-state index < -0.39 is 10.0 Å². The van der Waals surface area contributed by atoms with Crippen LogP contribution in [0.2, 0.25) is 0 Å². The molecule has 1 aromatic heterocycles. The zero-order valence-electron chi connectivity index (χ0n) is 13.3. The molecular weight excluding hydrogens is 304 g/mol. The van der Waals surface area contributed by atoms with E-state index in [2.05, 4.69) is 33.0 Å². The summed E-state index contributed by atoms with van der Waals surface area (Å²) in [5.41, 5.74) is 0. The van der Waals surface area contributed by atoms with E-state index in [-0.39, 0.29) is 0 Å².